The van der Waals surface area contributed by atoms with Crippen molar-refractivity contribution in [2.24, 2.45) is 4.99 Å². The van der Waals surface area contributed by atoms with Crippen molar-refractivity contribution in [3.63, 3.8) is 0 Å². The Labute approximate surface area is 52.1 Å². The summed E-state index contributed by atoms with van der Waals surface area (Å²) in [6.45, 7) is 3.20. The fourth-order valence-electron chi connectivity index (χ4n) is 0.560. The zero-order valence-electron chi connectivity index (χ0n) is 5.21. The molecule has 1 heterocycles. The number of hydrogen-bond acceptors (Lipinski definition) is 2. The molecule has 0 bridgehead atoms. The average Bonchev–Trinajstić information content (AvgIpc) is 1.98. The Morgan fingerprint density at radius 2 is 2.11 bits per heavy atom. The maximum Gasteiger partial charge on any atom is 0.543 e. The normalized spacial score (nSPS) is 18.9. The minimum absolute atomic E-state index is 0.287. The van der Waals surface area contributed by atoms with E-state index in [-0.39, 0.29) is 4.74 Å². The summed E-state index contributed by atoms with van der Waals surface area (Å²) in [6, 6.07) is -0.718. The van der Waals surface area contributed by atoms with Crippen LogP contribution in [0.3, 0.4) is 0 Å². The quantitative estimate of drug-likeness (QED) is 0.351. The molecular formula is C5H6N2O2. The van der Waals surface area contributed by atoms with Gasteiger partial charge >= 0.3 is 6.03 Å². The summed E-state index contributed by atoms with van der Waals surface area (Å²) >= 11 is 0. The van der Waals surface area contributed by atoms with E-state index >= 15 is 0 Å². The highest BCUT2D eigenvalue weighted by Gasteiger charge is 2.24. The molecule has 1 aliphatic heterocycles. The first-order chi connectivity index (χ1) is 4.13. The van der Waals surface area contributed by atoms with Crippen LogP contribution in [0.15, 0.2) is 4.99 Å². The van der Waals surface area contributed by atoms with Crippen molar-refractivity contribution in [2.75, 3.05) is 0 Å². The molecule has 0 unspecified atom stereocenters. The van der Waals surface area contributed by atoms with Crippen molar-refractivity contribution >= 4 is 17.5 Å². The highest BCUT2D eigenvalue weighted by Crippen LogP contribution is 1.97. The van der Waals surface area contributed by atoms with Gasteiger partial charge in [0.2, 0.25) is 0 Å². The second-order valence-corrected chi connectivity index (χ2v) is 1.86. The molecule has 0 aromatic heterocycles. The van der Waals surface area contributed by atoms with Gasteiger partial charge in [-0.3, -0.25) is 0 Å². The summed E-state index contributed by atoms with van der Waals surface area (Å²) in [7, 11) is 0. The van der Waals surface area contributed by atoms with E-state index in [1.807, 2.05) is 0 Å². The van der Waals surface area contributed by atoms with Crippen LogP contribution >= 0.6 is 0 Å². The van der Waals surface area contributed by atoms with E-state index in [0.29, 0.717) is 11.4 Å². The minimum Gasteiger partial charge on any atom is -0.708 e. The summed E-state index contributed by atoms with van der Waals surface area (Å²) in [5.41, 5.74) is 0.898. The summed E-state index contributed by atoms with van der Waals surface area (Å²) in [5.74, 6) is 0. The lowest BCUT2D eigenvalue weighted by atomic mass is 10.3. The predicted octanol–water partition coefficient (Wildman–Crippen LogP) is 0.552. The Hall–Kier alpha value is -1.19. The van der Waals surface area contributed by atoms with E-state index in [4.69, 9.17) is 0 Å². The van der Waals surface area contributed by atoms with E-state index in [9.17, 15) is 10.0 Å². The van der Waals surface area contributed by atoms with Crippen LogP contribution in [0.5, 0.6) is 0 Å². The Kier molecular flexibility index (Phi) is 1.09. The third-order valence-electron chi connectivity index (χ3n) is 1.27. The smallest absolute Gasteiger partial charge is 0.543 e. The third-order valence-corrected chi connectivity index (χ3v) is 1.27. The van der Waals surface area contributed by atoms with Gasteiger partial charge in [0.25, 0.3) is 0 Å². The maximum absolute atomic E-state index is 10.5. The van der Waals surface area contributed by atoms with Gasteiger partial charge < -0.3 is 5.21 Å². The second kappa shape index (κ2) is 1.65. The van der Waals surface area contributed by atoms with Gasteiger partial charge in [-0.1, -0.05) is 0 Å². The van der Waals surface area contributed by atoms with Gasteiger partial charge in [-0.05, 0) is 4.99 Å². The molecule has 48 valence electrons. The summed E-state index contributed by atoms with van der Waals surface area (Å²) in [4.78, 5) is 13.8. The Morgan fingerprint density at radius 1 is 1.56 bits per heavy atom. The van der Waals surface area contributed by atoms with E-state index in [1.54, 1.807) is 13.8 Å². The van der Waals surface area contributed by atoms with Gasteiger partial charge in [-0.15, -0.1) is 0 Å². The van der Waals surface area contributed by atoms with Crippen LogP contribution in [-0.2, 0) is 0 Å². The number of aliphatic imine (C=N–C) groups is 1. The first-order valence-electron chi connectivity index (χ1n) is 2.53. The first-order valence-corrected chi connectivity index (χ1v) is 2.53. The summed E-state index contributed by atoms with van der Waals surface area (Å²) in [5, 5.41) is 10.5. The molecule has 1 rings (SSSR count). The van der Waals surface area contributed by atoms with Crippen LogP contribution in [0.4, 0.5) is 4.79 Å². The van der Waals surface area contributed by atoms with Crippen LogP contribution in [-0.4, -0.2) is 22.2 Å². The number of nitrogens with zero attached hydrogens (tertiary/aromatic N) is 2. The minimum atomic E-state index is -0.718. The lowest BCUT2D eigenvalue weighted by Crippen LogP contribution is -2.13. The molecule has 0 radical (unpaired) electrons. The second-order valence-electron chi connectivity index (χ2n) is 1.86. The Bertz CT molecular complexity index is 227. The molecule has 0 aromatic rings. The summed E-state index contributed by atoms with van der Waals surface area (Å²) in [6.07, 6.45) is 0. The van der Waals surface area contributed by atoms with Crippen molar-refractivity contribution in [3.8, 4) is 0 Å². The van der Waals surface area contributed by atoms with Gasteiger partial charge in [0.1, 0.15) is 0 Å². The van der Waals surface area contributed by atoms with Crippen LogP contribution in [0.25, 0.3) is 0 Å². The number of rotatable bonds is 0. The fourth-order valence-corrected chi connectivity index (χ4v) is 0.560. The maximum atomic E-state index is 10.5. The standard InChI is InChI=1S/C5H6N2O2/c1-3-4(2)7(9)5(8)6-3/h1-2H3. The molecule has 9 heavy (non-hydrogen) atoms. The van der Waals surface area contributed by atoms with Crippen molar-refractivity contribution in [1.29, 1.82) is 0 Å². The van der Waals surface area contributed by atoms with Gasteiger partial charge in [-0.25, -0.2) is 0 Å². The number of amides is 2. The third kappa shape index (κ3) is 0.718. The van der Waals surface area contributed by atoms with Crippen molar-refractivity contribution in [2.45, 2.75) is 13.8 Å². The SMILES string of the molecule is CC1=NC(=O)[N+]([O-])=C1C. The lowest BCUT2D eigenvalue weighted by molar-refractivity contribution is -0.342. The molecule has 0 saturated heterocycles. The number of hydroxylamine groups is 1. The van der Waals surface area contributed by atoms with Gasteiger partial charge in [0, 0.05) is 13.8 Å². The molecule has 2 amide bonds. The zero-order chi connectivity index (χ0) is 7.02. The largest absolute Gasteiger partial charge is 0.708 e. The van der Waals surface area contributed by atoms with E-state index in [1.165, 1.54) is 0 Å². The highest BCUT2D eigenvalue weighted by atomic mass is 16.5. The van der Waals surface area contributed by atoms with Gasteiger partial charge in [0.15, 0.2) is 11.4 Å². The molecule has 4 nitrogen and oxygen atoms in total. The molecule has 0 aromatic carbocycles. The molecule has 1 aliphatic rings. The van der Waals surface area contributed by atoms with Gasteiger partial charge in [-0.2, -0.15) is 9.53 Å². The first kappa shape index (κ1) is 5.94. The van der Waals surface area contributed by atoms with Crippen LogP contribution in [0, 0.1) is 5.21 Å². The molecule has 0 N–H and O–H groups in total. The summed E-state index contributed by atoms with van der Waals surface area (Å²) < 4.78 is 0.287. The number of carbonyl (C=O) groups is 1. The number of hydrogen-bond donors (Lipinski definition) is 0. The molecule has 0 spiro atoms. The van der Waals surface area contributed by atoms with Crippen LogP contribution in [0.2, 0.25) is 0 Å². The Morgan fingerprint density at radius 3 is 2.22 bits per heavy atom. The number of urea groups is 1. The van der Waals surface area contributed by atoms with E-state index in [2.05, 4.69) is 4.99 Å². The molecule has 0 saturated carbocycles. The molecular weight excluding hydrogens is 120 g/mol. The van der Waals surface area contributed by atoms with Crippen LogP contribution in [0.1, 0.15) is 13.8 Å². The Balaban J connectivity index is 3.11. The van der Waals surface area contributed by atoms with E-state index in [0.717, 1.165) is 0 Å². The molecule has 4 heteroatoms. The van der Waals surface area contributed by atoms with E-state index < -0.39 is 6.03 Å². The van der Waals surface area contributed by atoms with Gasteiger partial charge in [0.05, 0.1) is 0 Å². The molecule has 0 fully saturated rings. The molecule has 0 aliphatic carbocycles. The average molecular weight is 126 g/mol. The monoisotopic (exact) mass is 126 g/mol. The van der Waals surface area contributed by atoms with Crippen molar-refractivity contribution < 1.29 is 9.53 Å². The highest BCUT2D eigenvalue weighted by molar-refractivity contribution is 6.42. The van der Waals surface area contributed by atoms with Crippen molar-refractivity contribution in [1.82, 2.24) is 0 Å². The molecule has 0 atom stereocenters. The topological polar surface area (TPSA) is 55.5 Å². The predicted molar refractivity (Wildman–Crippen MR) is 32.8 cm³/mol. The fraction of sp³-hybridized carbons (Fsp3) is 0.400. The van der Waals surface area contributed by atoms with Crippen molar-refractivity contribution in [3.05, 3.63) is 5.21 Å². The number of carbonyl (C=O) groups excluding carboxylic acids is 1. The van der Waals surface area contributed by atoms with Crippen LogP contribution < -0.4 is 0 Å². The lowest BCUT2D eigenvalue weighted by Gasteiger charge is -1.96. The zero-order valence-corrected chi connectivity index (χ0v) is 5.21.